The van der Waals surface area contributed by atoms with Gasteiger partial charge in [-0.2, -0.15) is 0 Å². The quantitative estimate of drug-likeness (QED) is 0.785. The second-order valence-corrected chi connectivity index (χ2v) is 6.80. The van der Waals surface area contributed by atoms with Crippen LogP contribution in [0.1, 0.15) is 29.0 Å². The molecule has 2 heterocycles. The summed E-state index contributed by atoms with van der Waals surface area (Å²) in [6.07, 6.45) is 1.67. The van der Waals surface area contributed by atoms with Gasteiger partial charge >= 0.3 is 0 Å². The van der Waals surface area contributed by atoms with Gasteiger partial charge in [0.15, 0.2) is 0 Å². The third kappa shape index (κ3) is 3.41. The Morgan fingerprint density at radius 3 is 2.35 bits per heavy atom. The van der Waals surface area contributed by atoms with Gasteiger partial charge in [-0.25, -0.2) is 4.98 Å². The van der Waals surface area contributed by atoms with Gasteiger partial charge in [0.2, 0.25) is 5.82 Å². The van der Waals surface area contributed by atoms with E-state index in [9.17, 15) is 9.90 Å². The van der Waals surface area contributed by atoms with E-state index in [1.54, 1.807) is 4.90 Å². The van der Waals surface area contributed by atoms with Crippen LogP contribution in [0, 0.1) is 0 Å². The molecule has 4 rings (SSSR count). The van der Waals surface area contributed by atoms with Gasteiger partial charge in [-0.3, -0.25) is 4.79 Å². The Bertz CT molecular complexity index is 921. The van der Waals surface area contributed by atoms with Gasteiger partial charge in [-0.1, -0.05) is 42.5 Å². The van der Waals surface area contributed by atoms with Crippen LogP contribution in [0.4, 0.5) is 0 Å². The standard InChI is InChI=1S/C20H20N4O2/c25-19(18-21-16-8-4-5-9-17(16)22-23-18)24-12-10-20(26,11-13-24)14-15-6-2-1-3-7-15/h1-9,26H,10-14H2. The predicted octanol–water partition coefficient (Wildman–Crippen LogP) is 2.23. The molecule has 0 unspecified atom stereocenters. The number of aromatic nitrogens is 3. The summed E-state index contributed by atoms with van der Waals surface area (Å²) in [4.78, 5) is 18.7. The zero-order chi connectivity index (χ0) is 18.0. The lowest BCUT2D eigenvalue weighted by Crippen LogP contribution is -2.48. The highest BCUT2D eigenvalue weighted by Gasteiger charge is 2.35. The number of benzene rings is 2. The van der Waals surface area contributed by atoms with Crippen molar-refractivity contribution in [1.82, 2.24) is 20.1 Å². The molecule has 26 heavy (non-hydrogen) atoms. The van der Waals surface area contributed by atoms with Gasteiger partial charge in [-0.15, -0.1) is 10.2 Å². The molecule has 0 aliphatic carbocycles. The second-order valence-electron chi connectivity index (χ2n) is 6.80. The van der Waals surface area contributed by atoms with E-state index < -0.39 is 5.60 Å². The van der Waals surface area contributed by atoms with E-state index in [0.717, 1.165) is 5.56 Å². The van der Waals surface area contributed by atoms with E-state index in [2.05, 4.69) is 15.2 Å². The number of para-hydroxylation sites is 1. The highest BCUT2D eigenvalue weighted by molar-refractivity contribution is 5.92. The van der Waals surface area contributed by atoms with Gasteiger partial charge in [0.1, 0.15) is 5.52 Å². The molecule has 1 aliphatic heterocycles. The average molecular weight is 348 g/mol. The fourth-order valence-corrected chi connectivity index (χ4v) is 3.39. The van der Waals surface area contributed by atoms with Crippen LogP contribution in [-0.4, -0.2) is 49.8 Å². The first-order chi connectivity index (χ1) is 12.6. The van der Waals surface area contributed by atoms with Crippen molar-refractivity contribution in [1.29, 1.82) is 0 Å². The van der Waals surface area contributed by atoms with Crippen LogP contribution < -0.4 is 0 Å². The summed E-state index contributed by atoms with van der Waals surface area (Å²) in [5, 5.41) is 18.9. The first-order valence-corrected chi connectivity index (χ1v) is 8.78. The molecule has 6 nitrogen and oxygen atoms in total. The number of carbonyl (C=O) groups excluding carboxylic acids is 1. The molecule has 1 fully saturated rings. The number of nitrogens with zero attached hydrogens (tertiary/aromatic N) is 4. The van der Waals surface area contributed by atoms with Crippen LogP contribution >= 0.6 is 0 Å². The third-order valence-electron chi connectivity index (χ3n) is 4.91. The molecule has 0 radical (unpaired) electrons. The van der Waals surface area contributed by atoms with Gasteiger partial charge < -0.3 is 10.0 Å². The summed E-state index contributed by atoms with van der Waals surface area (Å²) >= 11 is 0. The van der Waals surface area contributed by atoms with E-state index >= 15 is 0 Å². The fraction of sp³-hybridized carbons (Fsp3) is 0.300. The second kappa shape index (κ2) is 6.80. The number of fused-ring (bicyclic) bond motifs is 1. The highest BCUT2D eigenvalue weighted by atomic mass is 16.3. The molecule has 3 aromatic rings. The summed E-state index contributed by atoms with van der Waals surface area (Å²) in [5.41, 5.74) is 1.65. The number of rotatable bonds is 3. The zero-order valence-corrected chi connectivity index (χ0v) is 14.4. The SMILES string of the molecule is O=C(c1nnc2ccccc2n1)N1CCC(O)(Cc2ccccc2)CC1. The average Bonchev–Trinajstić information content (AvgIpc) is 2.68. The Balaban J connectivity index is 1.44. The van der Waals surface area contributed by atoms with Crippen molar-refractivity contribution >= 4 is 16.9 Å². The van der Waals surface area contributed by atoms with E-state index in [0.29, 0.717) is 43.4 Å². The maximum absolute atomic E-state index is 12.7. The Kier molecular flexibility index (Phi) is 4.34. The van der Waals surface area contributed by atoms with Crippen molar-refractivity contribution in [3.05, 3.63) is 66.0 Å². The minimum atomic E-state index is -0.777. The number of aliphatic hydroxyl groups is 1. The summed E-state index contributed by atoms with van der Waals surface area (Å²) in [6.45, 7) is 0.969. The Morgan fingerprint density at radius 2 is 1.62 bits per heavy atom. The molecule has 132 valence electrons. The van der Waals surface area contributed by atoms with Crippen LogP contribution in [-0.2, 0) is 6.42 Å². The summed E-state index contributed by atoms with van der Waals surface area (Å²) < 4.78 is 0. The molecule has 1 aromatic heterocycles. The van der Waals surface area contributed by atoms with E-state index in [-0.39, 0.29) is 11.7 Å². The van der Waals surface area contributed by atoms with Crippen molar-refractivity contribution in [3.63, 3.8) is 0 Å². The topological polar surface area (TPSA) is 79.2 Å². The van der Waals surface area contributed by atoms with Crippen LogP contribution in [0.3, 0.4) is 0 Å². The van der Waals surface area contributed by atoms with Gasteiger partial charge in [0.05, 0.1) is 11.1 Å². The molecule has 0 bridgehead atoms. The van der Waals surface area contributed by atoms with Gasteiger partial charge in [0.25, 0.3) is 5.91 Å². The lowest BCUT2D eigenvalue weighted by molar-refractivity contribution is -0.0165. The van der Waals surface area contributed by atoms with E-state index in [1.807, 2.05) is 54.6 Å². The predicted molar refractivity (Wildman–Crippen MR) is 97.6 cm³/mol. The fourth-order valence-electron chi connectivity index (χ4n) is 3.39. The lowest BCUT2D eigenvalue weighted by atomic mass is 9.85. The minimum Gasteiger partial charge on any atom is -0.389 e. The van der Waals surface area contributed by atoms with Crippen LogP contribution in [0.15, 0.2) is 54.6 Å². The molecule has 6 heteroatoms. The van der Waals surface area contributed by atoms with Gasteiger partial charge in [-0.05, 0) is 30.5 Å². The van der Waals surface area contributed by atoms with Crippen LogP contribution in [0.2, 0.25) is 0 Å². The zero-order valence-electron chi connectivity index (χ0n) is 14.4. The number of carbonyl (C=O) groups is 1. The van der Waals surface area contributed by atoms with Crippen molar-refractivity contribution in [2.45, 2.75) is 24.9 Å². The largest absolute Gasteiger partial charge is 0.389 e. The molecule has 1 N–H and O–H groups in total. The molecule has 0 atom stereocenters. The Labute approximate surface area is 151 Å². The number of hydrogen-bond acceptors (Lipinski definition) is 5. The molecule has 1 aliphatic rings. The minimum absolute atomic E-state index is 0.109. The maximum Gasteiger partial charge on any atom is 0.293 e. The summed E-state index contributed by atoms with van der Waals surface area (Å²) in [7, 11) is 0. The Hall–Kier alpha value is -2.86. The summed E-state index contributed by atoms with van der Waals surface area (Å²) in [6, 6.07) is 17.3. The number of amides is 1. The first kappa shape index (κ1) is 16.6. The van der Waals surface area contributed by atoms with Crippen molar-refractivity contribution in [2.75, 3.05) is 13.1 Å². The molecular formula is C20H20N4O2. The third-order valence-corrected chi connectivity index (χ3v) is 4.91. The Morgan fingerprint density at radius 1 is 0.962 bits per heavy atom. The van der Waals surface area contributed by atoms with Crippen molar-refractivity contribution in [3.8, 4) is 0 Å². The molecule has 1 saturated heterocycles. The molecular weight excluding hydrogens is 328 g/mol. The highest BCUT2D eigenvalue weighted by Crippen LogP contribution is 2.27. The first-order valence-electron chi connectivity index (χ1n) is 8.78. The molecule has 0 spiro atoms. The van der Waals surface area contributed by atoms with Crippen LogP contribution in [0.25, 0.3) is 11.0 Å². The molecule has 1 amide bonds. The maximum atomic E-state index is 12.7. The number of likely N-dealkylation sites (tertiary alicyclic amines) is 1. The number of piperidine rings is 1. The summed E-state index contributed by atoms with van der Waals surface area (Å²) in [5.74, 6) is -0.123. The number of hydrogen-bond donors (Lipinski definition) is 1. The monoisotopic (exact) mass is 348 g/mol. The van der Waals surface area contributed by atoms with Crippen LogP contribution in [0.5, 0.6) is 0 Å². The van der Waals surface area contributed by atoms with Crippen molar-refractivity contribution in [2.24, 2.45) is 0 Å². The lowest BCUT2D eigenvalue weighted by Gasteiger charge is -2.38. The van der Waals surface area contributed by atoms with Crippen molar-refractivity contribution < 1.29 is 9.90 Å². The van der Waals surface area contributed by atoms with E-state index in [1.165, 1.54) is 0 Å². The molecule has 0 saturated carbocycles. The van der Waals surface area contributed by atoms with Gasteiger partial charge in [0, 0.05) is 19.5 Å². The normalized spacial score (nSPS) is 16.6. The molecule has 2 aromatic carbocycles. The van der Waals surface area contributed by atoms with E-state index in [4.69, 9.17) is 0 Å². The smallest absolute Gasteiger partial charge is 0.293 e.